The van der Waals surface area contributed by atoms with Crippen molar-refractivity contribution >= 4 is 34.7 Å². The molecule has 0 saturated carbocycles. The molecule has 2 aromatic carbocycles. The Hall–Kier alpha value is -5.49. The number of fused-ring (bicyclic) bond motifs is 1. The first-order valence-corrected chi connectivity index (χ1v) is 17.1. The van der Waals surface area contributed by atoms with Gasteiger partial charge in [-0.2, -0.15) is 5.10 Å². The number of aliphatic imine (C=N–C) groups is 1. The molecule has 50 heavy (non-hydrogen) atoms. The number of nitrogens with zero attached hydrogens (tertiary/aromatic N) is 8. The standard InChI is InChI=1S/C38H39N9O3/c1-39-36(49)32-19-28(9-14-40-32)34-31-20-30(8-7-29(31)21-41-34)47-18-13-38(37(47)50)12-17-45(23-38)22-33(48)46-15-10-26(11-16-46)25-3-5-27(6-4-25)35-42-24-44(2)43-35/h3-10,14,19-20,24H,11-13,15-18,21-23H2,1-2H3,(H,39,49)/t38-/m0/s1. The second kappa shape index (κ2) is 12.8. The summed E-state index contributed by atoms with van der Waals surface area (Å²) in [6.07, 6.45) is 7.78. The lowest BCUT2D eigenvalue weighted by Gasteiger charge is -2.29. The lowest BCUT2D eigenvalue weighted by atomic mass is 9.85. The van der Waals surface area contributed by atoms with Crippen LogP contribution in [-0.2, 0) is 23.2 Å². The molecule has 3 amide bonds. The molecule has 0 aliphatic carbocycles. The number of benzene rings is 2. The fourth-order valence-corrected chi connectivity index (χ4v) is 7.71. The van der Waals surface area contributed by atoms with Gasteiger partial charge in [0.25, 0.3) is 5.91 Å². The van der Waals surface area contributed by atoms with Crippen LogP contribution in [0, 0.1) is 5.41 Å². The first kappa shape index (κ1) is 31.8. The van der Waals surface area contributed by atoms with Gasteiger partial charge in [0.1, 0.15) is 12.0 Å². The summed E-state index contributed by atoms with van der Waals surface area (Å²) in [5, 5.41) is 7.00. The number of likely N-dealkylation sites (tertiary alicyclic amines) is 1. The summed E-state index contributed by atoms with van der Waals surface area (Å²) >= 11 is 0. The average molecular weight is 670 g/mol. The number of nitrogens with one attached hydrogen (secondary N) is 1. The molecule has 1 N–H and O–H groups in total. The zero-order valence-corrected chi connectivity index (χ0v) is 28.3. The van der Waals surface area contributed by atoms with E-state index in [9.17, 15) is 14.4 Å². The molecule has 254 valence electrons. The largest absolute Gasteiger partial charge is 0.354 e. The maximum atomic E-state index is 14.0. The van der Waals surface area contributed by atoms with Gasteiger partial charge in [-0.1, -0.05) is 36.4 Å². The minimum atomic E-state index is -0.477. The Bertz CT molecular complexity index is 2070. The summed E-state index contributed by atoms with van der Waals surface area (Å²) in [5.74, 6) is 0.694. The Labute approximate surface area is 290 Å². The molecule has 0 radical (unpaired) electrons. The molecular formula is C38H39N9O3. The maximum absolute atomic E-state index is 14.0. The van der Waals surface area contributed by atoms with Crippen molar-refractivity contribution in [2.24, 2.45) is 17.5 Å². The Kier molecular flexibility index (Phi) is 8.10. The number of hydrogen-bond donors (Lipinski definition) is 1. The van der Waals surface area contributed by atoms with E-state index in [1.54, 1.807) is 30.3 Å². The van der Waals surface area contributed by atoms with Crippen molar-refractivity contribution in [3.63, 3.8) is 0 Å². The van der Waals surface area contributed by atoms with Crippen molar-refractivity contribution in [3.05, 3.63) is 101 Å². The Morgan fingerprint density at radius 2 is 1.76 bits per heavy atom. The first-order valence-electron chi connectivity index (χ1n) is 17.1. The zero-order valence-electron chi connectivity index (χ0n) is 28.3. The number of hydrogen-bond acceptors (Lipinski definition) is 8. The van der Waals surface area contributed by atoms with E-state index < -0.39 is 5.41 Å². The van der Waals surface area contributed by atoms with E-state index in [4.69, 9.17) is 4.99 Å². The normalized spacial score (nSPS) is 20.3. The number of carbonyl (C=O) groups excluding carboxylic acids is 3. The highest BCUT2D eigenvalue weighted by Gasteiger charge is 2.51. The minimum absolute atomic E-state index is 0.109. The van der Waals surface area contributed by atoms with Crippen LogP contribution < -0.4 is 10.2 Å². The van der Waals surface area contributed by atoms with Crippen molar-refractivity contribution < 1.29 is 14.4 Å². The molecule has 6 heterocycles. The first-order chi connectivity index (χ1) is 24.3. The van der Waals surface area contributed by atoms with E-state index in [2.05, 4.69) is 49.6 Å². The Balaban J connectivity index is 0.888. The molecule has 4 aliphatic rings. The second-order valence-corrected chi connectivity index (χ2v) is 13.6. The number of rotatable bonds is 7. The quantitative estimate of drug-likeness (QED) is 0.320. The van der Waals surface area contributed by atoms with Gasteiger partial charge < -0.3 is 15.1 Å². The van der Waals surface area contributed by atoms with Crippen LogP contribution in [0.15, 0.2) is 78.2 Å². The van der Waals surface area contributed by atoms with E-state index in [-0.39, 0.29) is 17.7 Å². The van der Waals surface area contributed by atoms with Gasteiger partial charge in [0.05, 0.1) is 24.2 Å². The van der Waals surface area contributed by atoms with Gasteiger partial charge in [-0.05, 0) is 66.8 Å². The summed E-state index contributed by atoms with van der Waals surface area (Å²) in [5.41, 5.74) is 7.77. The smallest absolute Gasteiger partial charge is 0.269 e. The molecular weight excluding hydrogens is 630 g/mol. The van der Waals surface area contributed by atoms with Crippen LogP contribution >= 0.6 is 0 Å². The highest BCUT2D eigenvalue weighted by molar-refractivity contribution is 6.16. The third-order valence-corrected chi connectivity index (χ3v) is 10.5. The number of aromatic nitrogens is 4. The Morgan fingerprint density at radius 1 is 0.940 bits per heavy atom. The minimum Gasteiger partial charge on any atom is -0.354 e. The van der Waals surface area contributed by atoms with E-state index in [0.717, 1.165) is 65.0 Å². The fourth-order valence-electron chi connectivity index (χ4n) is 7.71. The van der Waals surface area contributed by atoms with Crippen LogP contribution in [0.4, 0.5) is 5.69 Å². The van der Waals surface area contributed by atoms with Crippen molar-refractivity contribution in [2.75, 3.05) is 51.2 Å². The van der Waals surface area contributed by atoms with Gasteiger partial charge in [0, 0.05) is 68.8 Å². The van der Waals surface area contributed by atoms with Crippen LogP contribution in [0.2, 0.25) is 0 Å². The predicted molar refractivity (Wildman–Crippen MR) is 189 cm³/mol. The summed E-state index contributed by atoms with van der Waals surface area (Å²) in [6.45, 7) is 4.10. The summed E-state index contributed by atoms with van der Waals surface area (Å²) in [4.78, 5) is 58.9. The number of anilines is 1. The molecule has 4 aliphatic heterocycles. The predicted octanol–water partition coefficient (Wildman–Crippen LogP) is 3.33. The van der Waals surface area contributed by atoms with E-state index in [0.29, 0.717) is 50.8 Å². The number of aryl methyl sites for hydroxylation is 1. The van der Waals surface area contributed by atoms with Crippen molar-refractivity contribution in [1.29, 1.82) is 0 Å². The van der Waals surface area contributed by atoms with Gasteiger partial charge in [0.15, 0.2) is 5.82 Å². The topological polar surface area (TPSA) is 129 Å². The van der Waals surface area contributed by atoms with Crippen LogP contribution in [0.1, 0.15) is 52.0 Å². The van der Waals surface area contributed by atoms with E-state index in [1.165, 1.54) is 5.57 Å². The van der Waals surface area contributed by atoms with Crippen LogP contribution in [0.25, 0.3) is 17.0 Å². The SMILES string of the molecule is CNC(=O)c1cc(C2=NCc3ccc(N4CC[C@]5(CCN(CC(=O)N6CC=C(c7ccc(-c8ncn(C)n8)cc7)CC6)C5)C4=O)cc32)ccn1. The molecule has 4 aromatic rings. The fraction of sp³-hybridized carbons (Fsp3) is 0.342. The van der Waals surface area contributed by atoms with Crippen molar-refractivity contribution in [3.8, 4) is 11.4 Å². The van der Waals surface area contributed by atoms with Gasteiger partial charge in [-0.15, -0.1) is 0 Å². The zero-order chi connectivity index (χ0) is 34.4. The van der Waals surface area contributed by atoms with E-state index >= 15 is 0 Å². The molecule has 0 bridgehead atoms. The second-order valence-electron chi connectivity index (χ2n) is 13.6. The highest BCUT2D eigenvalue weighted by Crippen LogP contribution is 2.43. The van der Waals surface area contributed by atoms with Gasteiger partial charge in [0.2, 0.25) is 11.8 Å². The van der Waals surface area contributed by atoms with Crippen LogP contribution in [0.3, 0.4) is 0 Å². The monoisotopic (exact) mass is 669 g/mol. The lowest BCUT2D eigenvalue weighted by Crippen LogP contribution is -2.43. The number of pyridine rings is 1. The maximum Gasteiger partial charge on any atom is 0.269 e. The van der Waals surface area contributed by atoms with Gasteiger partial charge in [-0.25, -0.2) is 4.98 Å². The molecule has 12 heteroatoms. The third kappa shape index (κ3) is 5.79. The van der Waals surface area contributed by atoms with E-state index in [1.807, 2.05) is 47.2 Å². The van der Waals surface area contributed by atoms with Gasteiger partial charge >= 0.3 is 0 Å². The average Bonchev–Trinajstić information content (AvgIpc) is 3.95. The summed E-state index contributed by atoms with van der Waals surface area (Å²) in [6, 6.07) is 18.0. The molecule has 2 aromatic heterocycles. The lowest BCUT2D eigenvalue weighted by molar-refractivity contribution is -0.132. The summed E-state index contributed by atoms with van der Waals surface area (Å²) < 4.78 is 1.69. The molecule has 12 nitrogen and oxygen atoms in total. The van der Waals surface area contributed by atoms with Crippen molar-refractivity contribution in [1.82, 2.24) is 34.9 Å². The van der Waals surface area contributed by atoms with Crippen LogP contribution in [-0.4, -0.2) is 99.3 Å². The molecule has 0 unspecified atom stereocenters. The number of carbonyl (C=O) groups is 3. The third-order valence-electron chi connectivity index (χ3n) is 10.5. The number of amides is 3. The molecule has 2 fully saturated rings. The molecule has 8 rings (SSSR count). The highest BCUT2D eigenvalue weighted by atomic mass is 16.2. The van der Waals surface area contributed by atoms with Crippen molar-refractivity contribution in [2.45, 2.75) is 25.8 Å². The molecule has 1 atom stereocenters. The molecule has 2 saturated heterocycles. The van der Waals surface area contributed by atoms with Gasteiger partial charge in [-0.3, -0.25) is 33.9 Å². The molecule has 1 spiro atoms. The summed E-state index contributed by atoms with van der Waals surface area (Å²) in [7, 11) is 3.44. The Morgan fingerprint density at radius 3 is 2.52 bits per heavy atom. The van der Waals surface area contributed by atoms with Crippen LogP contribution in [0.5, 0.6) is 0 Å².